The molecule has 2 heterocycles. The zero-order valence-corrected chi connectivity index (χ0v) is 15.6. The molecule has 1 amide bonds. The summed E-state index contributed by atoms with van der Waals surface area (Å²) in [6.45, 7) is 0. The lowest BCUT2D eigenvalue weighted by atomic mass is 9.95. The van der Waals surface area contributed by atoms with E-state index in [1.165, 1.54) is 0 Å². The van der Waals surface area contributed by atoms with E-state index in [2.05, 4.69) is 16.5 Å². The summed E-state index contributed by atoms with van der Waals surface area (Å²) < 4.78 is 25.5. The van der Waals surface area contributed by atoms with Crippen molar-refractivity contribution in [3.05, 3.63) is 46.8 Å². The van der Waals surface area contributed by atoms with Gasteiger partial charge in [0, 0.05) is 16.9 Å². The van der Waals surface area contributed by atoms with Gasteiger partial charge in [0.05, 0.1) is 29.2 Å². The molecular weight excluding hydrogens is 364 g/mol. The first-order valence-corrected chi connectivity index (χ1v) is 10.9. The van der Waals surface area contributed by atoms with Crippen molar-refractivity contribution in [1.82, 2.24) is 9.78 Å². The van der Waals surface area contributed by atoms with E-state index in [-0.39, 0.29) is 23.5 Å². The number of sulfone groups is 1. The molecule has 8 heteroatoms. The number of aromatic nitrogens is 2. The van der Waals surface area contributed by atoms with Gasteiger partial charge in [0.2, 0.25) is 0 Å². The number of amides is 1. The number of carbonyl (C=O) groups is 1. The van der Waals surface area contributed by atoms with Gasteiger partial charge >= 0.3 is 0 Å². The van der Waals surface area contributed by atoms with Crippen molar-refractivity contribution in [2.75, 3.05) is 16.8 Å². The van der Waals surface area contributed by atoms with Crippen LogP contribution in [0.1, 0.15) is 52.6 Å². The Labute approximate surface area is 157 Å². The first-order valence-electron chi connectivity index (χ1n) is 9.09. The van der Waals surface area contributed by atoms with Gasteiger partial charge in [-0.15, -0.1) is 0 Å². The predicted octanol–water partition coefficient (Wildman–Crippen LogP) is 2.25. The summed E-state index contributed by atoms with van der Waals surface area (Å²) >= 11 is 0. The molecule has 1 unspecified atom stereocenters. The molecule has 7 nitrogen and oxygen atoms in total. The Morgan fingerprint density at radius 1 is 1.30 bits per heavy atom. The van der Waals surface area contributed by atoms with Crippen LogP contribution in [0.5, 0.6) is 0 Å². The minimum Gasteiger partial charge on any atom is -0.321 e. The molecule has 1 aliphatic heterocycles. The van der Waals surface area contributed by atoms with Crippen LogP contribution in [0.4, 0.5) is 5.69 Å². The van der Waals surface area contributed by atoms with Gasteiger partial charge in [-0.25, -0.2) is 8.42 Å². The summed E-state index contributed by atoms with van der Waals surface area (Å²) in [6, 6.07) is 8.59. The van der Waals surface area contributed by atoms with Gasteiger partial charge in [-0.2, -0.15) is 10.4 Å². The number of benzene rings is 1. The number of nitrogens with one attached hydrogen (secondary N) is 1. The van der Waals surface area contributed by atoms with Crippen LogP contribution < -0.4 is 5.32 Å². The zero-order valence-electron chi connectivity index (χ0n) is 14.8. The second-order valence-corrected chi connectivity index (χ2v) is 9.36. The fourth-order valence-electron chi connectivity index (χ4n) is 3.94. The van der Waals surface area contributed by atoms with Gasteiger partial charge in [-0.1, -0.05) is 6.07 Å². The maximum atomic E-state index is 12.9. The van der Waals surface area contributed by atoms with E-state index >= 15 is 0 Å². The lowest BCUT2D eigenvalue weighted by Crippen LogP contribution is -2.17. The van der Waals surface area contributed by atoms with Crippen molar-refractivity contribution in [3.63, 3.8) is 0 Å². The third kappa shape index (κ3) is 3.47. The number of hydrogen-bond donors (Lipinski definition) is 1. The van der Waals surface area contributed by atoms with E-state index in [9.17, 15) is 13.2 Å². The number of rotatable bonds is 3. The molecule has 2 aromatic rings. The molecule has 1 atom stereocenters. The average molecular weight is 384 g/mol. The van der Waals surface area contributed by atoms with Crippen LogP contribution in [0.3, 0.4) is 0 Å². The smallest absolute Gasteiger partial charge is 0.276 e. The van der Waals surface area contributed by atoms with E-state index in [0.29, 0.717) is 23.4 Å². The van der Waals surface area contributed by atoms with E-state index in [1.54, 1.807) is 28.9 Å². The minimum atomic E-state index is -3.03. The van der Waals surface area contributed by atoms with Crippen molar-refractivity contribution in [3.8, 4) is 6.07 Å². The number of anilines is 1. The van der Waals surface area contributed by atoms with Crippen LogP contribution in [0, 0.1) is 11.3 Å². The standard InChI is InChI=1S/C19H20N4O3S/c20-11-13-4-3-5-14(10-13)21-19(24)18-16-6-1-2-7-17(16)23(22-18)15-8-9-27(25,26)12-15/h3-5,10,15H,1-2,6-9,12H2,(H,21,24). The molecular formula is C19H20N4O3S. The van der Waals surface area contributed by atoms with Crippen molar-refractivity contribution >= 4 is 21.4 Å². The highest BCUT2D eigenvalue weighted by molar-refractivity contribution is 7.91. The summed E-state index contributed by atoms with van der Waals surface area (Å²) in [5.74, 6) is -0.0518. The van der Waals surface area contributed by atoms with Gasteiger partial charge in [0.25, 0.3) is 5.91 Å². The summed E-state index contributed by atoms with van der Waals surface area (Å²) in [5.41, 5.74) is 3.31. The summed E-state index contributed by atoms with van der Waals surface area (Å²) in [6.07, 6.45) is 4.14. The largest absolute Gasteiger partial charge is 0.321 e. The van der Waals surface area contributed by atoms with Gasteiger partial charge in [-0.05, 0) is 50.3 Å². The molecule has 140 valence electrons. The van der Waals surface area contributed by atoms with Gasteiger partial charge in [-0.3, -0.25) is 9.48 Å². The second kappa shape index (κ2) is 6.82. The molecule has 1 aromatic carbocycles. The molecule has 1 saturated heterocycles. The molecule has 0 radical (unpaired) electrons. The van der Waals surface area contributed by atoms with Crippen molar-refractivity contribution in [2.24, 2.45) is 0 Å². The first-order chi connectivity index (χ1) is 13.0. The second-order valence-electron chi connectivity index (χ2n) is 7.13. The number of fused-ring (bicyclic) bond motifs is 1. The molecule has 1 aromatic heterocycles. The highest BCUT2D eigenvalue weighted by Gasteiger charge is 2.34. The van der Waals surface area contributed by atoms with Gasteiger partial charge in [0.1, 0.15) is 0 Å². The average Bonchev–Trinajstić information content (AvgIpc) is 3.22. The Morgan fingerprint density at radius 3 is 2.85 bits per heavy atom. The maximum Gasteiger partial charge on any atom is 0.276 e. The van der Waals surface area contributed by atoms with Crippen LogP contribution in [0.2, 0.25) is 0 Å². The van der Waals surface area contributed by atoms with Crippen molar-refractivity contribution < 1.29 is 13.2 Å². The number of nitrogens with zero attached hydrogens (tertiary/aromatic N) is 3. The Balaban J connectivity index is 1.66. The van der Waals surface area contributed by atoms with Crippen molar-refractivity contribution in [2.45, 2.75) is 38.1 Å². The molecule has 0 spiro atoms. The Hall–Kier alpha value is -2.66. The normalized spacial score (nSPS) is 20.6. The SMILES string of the molecule is N#Cc1cccc(NC(=O)c2nn(C3CCS(=O)(=O)C3)c3c2CCCC3)c1. The number of carbonyl (C=O) groups excluding carboxylic acids is 1. The third-order valence-electron chi connectivity index (χ3n) is 5.23. The van der Waals surface area contributed by atoms with Crippen LogP contribution in [0.25, 0.3) is 0 Å². The van der Waals surface area contributed by atoms with E-state index in [1.807, 2.05) is 0 Å². The first kappa shape index (κ1) is 17.7. The summed E-state index contributed by atoms with van der Waals surface area (Å²) in [4.78, 5) is 12.9. The Morgan fingerprint density at radius 2 is 2.11 bits per heavy atom. The summed E-state index contributed by atoms with van der Waals surface area (Å²) in [5, 5.41) is 16.4. The van der Waals surface area contributed by atoms with Crippen LogP contribution in [-0.2, 0) is 22.7 Å². The highest BCUT2D eigenvalue weighted by atomic mass is 32.2. The molecule has 1 aliphatic carbocycles. The monoisotopic (exact) mass is 384 g/mol. The predicted molar refractivity (Wildman–Crippen MR) is 100 cm³/mol. The quantitative estimate of drug-likeness (QED) is 0.874. The minimum absolute atomic E-state index is 0.0897. The fourth-order valence-corrected chi connectivity index (χ4v) is 5.63. The van der Waals surface area contributed by atoms with E-state index in [0.717, 1.165) is 36.9 Å². The maximum absolute atomic E-state index is 12.9. The zero-order chi connectivity index (χ0) is 19.0. The highest BCUT2D eigenvalue weighted by Crippen LogP contribution is 2.31. The molecule has 4 rings (SSSR count). The lowest BCUT2D eigenvalue weighted by Gasteiger charge is -2.17. The Bertz CT molecular complexity index is 1050. The molecule has 0 saturated carbocycles. The molecule has 1 fully saturated rings. The van der Waals surface area contributed by atoms with Crippen LogP contribution in [-0.4, -0.2) is 35.6 Å². The van der Waals surface area contributed by atoms with Gasteiger partial charge in [0.15, 0.2) is 15.5 Å². The summed E-state index contributed by atoms with van der Waals surface area (Å²) in [7, 11) is -3.03. The van der Waals surface area contributed by atoms with E-state index in [4.69, 9.17) is 5.26 Å². The van der Waals surface area contributed by atoms with Crippen LogP contribution in [0.15, 0.2) is 24.3 Å². The molecule has 0 bridgehead atoms. The molecule has 2 aliphatic rings. The molecule has 1 N–H and O–H groups in total. The van der Waals surface area contributed by atoms with Crippen molar-refractivity contribution in [1.29, 1.82) is 5.26 Å². The van der Waals surface area contributed by atoms with E-state index < -0.39 is 9.84 Å². The van der Waals surface area contributed by atoms with Crippen LogP contribution >= 0.6 is 0 Å². The third-order valence-corrected chi connectivity index (χ3v) is 6.98. The Kier molecular flexibility index (Phi) is 4.48. The lowest BCUT2D eigenvalue weighted by molar-refractivity contribution is 0.102. The molecule has 27 heavy (non-hydrogen) atoms. The topological polar surface area (TPSA) is 105 Å². The fraction of sp³-hybridized carbons (Fsp3) is 0.421. The van der Waals surface area contributed by atoms with Gasteiger partial charge < -0.3 is 5.32 Å². The number of hydrogen-bond acceptors (Lipinski definition) is 5. The number of nitriles is 1.